The van der Waals surface area contributed by atoms with Crippen LogP contribution in [0.4, 0.5) is 10.3 Å². The summed E-state index contributed by atoms with van der Waals surface area (Å²) in [6.07, 6.45) is 0.406. The van der Waals surface area contributed by atoms with Crippen LogP contribution >= 0.6 is 0 Å². The van der Waals surface area contributed by atoms with Gasteiger partial charge in [0.1, 0.15) is 5.82 Å². The molecule has 1 amide bonds. The Balaban J connectivity index is 1.54. The lowest BCUT2D eigenvalue weighted by atomic mass is 10.0. The lowest BCUT2D eigenvalue weighted by molar-refractivity contribution is -0.121. The van der Waals surface area contributed by atoms with E-state index in [1.165, 1.54) is 18.2 Å². The average Bonchev–Trinajstić information content (AvgIpc) is 2.79. The van der Waals surface area contributed by atoms with Crippen molar-refractivity contribution in [2.75, 3.05) is 31.2 Å². The number of H-pyrrole nitrogens is 1. The number of anilines is 1. The fourth-order valence-electron chi connectivity index (χ4n) is 3.75. The number of amides is 1. The predicted molar refractivity (Wildman–Crippen MR) is 119 cm³/mol. The van der Waals surface area contributed by atoms with Crippen molar-refractivity contribution in [3.63, 3.8) is 0 Å². The lowest BCUT2D eigenvalue weighted by Gasteiger charge is -2.27. The summed E-state index contributed by atoms with van der Waals surface area (Å²) < 4.78 is 18.8. The van der Waals surface area contributed by atoms with Crippen molar-refractivity contribution < 1.29 is 13.9 Å². The van der Waals surface area contributed by atoms with Gasteiger partial charge in [0.2, 0.25) is 11.9 Å². The number of nitrogens with one attached hydrogen (secondary N) is 2. The Morgan fingerprint density at radius 2 is 1.91 bits per heavy atom. The van der Waals surface area contributed by atoms with Crippen molar-refractivity contribution >= 4 is 11.9 Å². The smallest absolute Gasteiger partial charge is 0.252 e. The number of benzene rings is 2. The minimum atomic E-state index is -0.385. The van der Waals surface area contributed by atoms with Gasteiger partial charge in [0.15, 0.2) is 0 Å². The number of aromatic amines is 1. The van der Waals surface area contributed by atoms with Gasteiger partial charge in [-0.1, -0.05) is 42.5 Å². The number of hydrogen-bond acceptors (Lipinski definition) is 5. The second-order valence-electron chi connectivity index (χ2n) is 7.70. The standard InChI is InChI=1S/C24H25FN4O3/c25-19-8-4-5-17(13-19)14-22(30)27-21(18-6-2-1-3-7-18)15-20-16-23(31)28-24(26-20)29-9-11-32-12-10-29/h1-8,13,16,21H,9-12,14-15H2,(H,27,30)(H,26,28,31)/t21-/m1/s1. The van der Waals surface area contributed by atoms with E-state index in [4.69, 9.17) is 4.74 Å². The fourth-order valence-corrected chi connectivity index (χ4v) is 3.75. The van der Waals surface area contributed by atoms with Crippen LogP contribution in [0.2, 0.25) is 0 Å². The van der Waals surface area contributed by atoms with E-state index < -0.39 is 0 Å². The molecular weight excluding hydrogens is 411 g/mol. The van der Waals surface area contributed by atoms with Crippen LogP contribution in [0.3, 0.4) is 0 Å². The molecule has 0 unspecified atom stereocenters. The molecule has 1 aliphatic rings. The molecule has 4 rings (SSSR count). The minimum Gasteiger partial charge on any atom is -0.378 e. The maximum atomic E-state index is 13.5. The second kappa shape index (κ2) is 10.2. The number of hydrogen-bond donors (Lipinski definition) is 2. The van der Waals surface area contributed by atoms with Gasteiger partial charge in [0.05, 0.1) is 31.4 Å². The van der Waals surface area contributed by atoms with Crippen LogP contribution in [0, 0.1) is 5.82 Å². The first kappa shape index (κ1) is 21.7. The van der Waals surface area contributed by atoms with Gasteiger partial charge in [0, 0.05) is 25.6 Å². The first-order valence-electron chi connectivity index (χ1n) is 10.6. The number of ether oxygens (including phenoxy) is 1. The maximum absolute atomic E-state index is 13.5. The first-order chi connectivity index (χ1) is 15.6. The van der Waals surface area contributed by atoms with Gasteiger partial charge in [-0.15, -0.1) is 0 Å². The average molecular weight is 436 g/mol. The Morgan fingerprint density at radius 1 is 1.12 bits per heavy atom. The van der Waals surface area contributed by atoms with E-state index in [1.807, 2.05) is 35.2 Å². The van der Waals surface area contributed by atoms with Crippen LogP contribution in [-0.4, -0.2) is 42.2 Å². The highest BCUT2D eigenvalue weighted by molar-refractivity contribution is 5.79. The van der Waals surface area contributed by atoms with Crippen molar-refractivity contribution in [2.24, 2.45) is 0 Å². The summed E-state index contributed by atoms with van der Waals surface area (Å²) in [4.78, 5) is 34.4. The third-order valence-corrected chi connectivity index (χ3v) is 5.30. The molecule has 3 aromatic rings. The molecule has 7 nitrogen and oxygen atoms in total. The molecule has 0 bridgehead atoms. The van der Waals surface area contributed by atoms with Gasteiger partial charge in [-0.2, -0.15) is 0 Å². The van der Waals surface area contributed by atoms with Gasteiger partial charge in [-0.3, -0.25) is 14.6 Å². The summed E-state index contributed by atoms with van der Waals surface area (Å²) in [6, 6.07) is 16.6. The van der Waals surface area contributed by atoms with Crippen molar-refractivity contribution in [3.8, 4) is 0 Å². The van der Waals surface area contributed by atoms with E-state index in [0.29, 0.717) is 49.9 Å². The molecule has 0 spiro atoms. The van der Waals surface area contributed by atoms with Crippen LogP contribution < -0.4 is 15.8 Å². The summed E-state index contributed by atoms with van der Waals surface area (Å²) in [5.74, 6) is -0.102. The second-order valence-corrected chi connectivity index (χ2v) is 7.70. The number of morpholine rings is 1. The molecule has 0 saturated carbocycles. The van der Waals surface area contributed by atoms with Gasteiger partial charge in [-0.25, -0.2) is 9.37 Å². The summed E-state index contributed by atoms with van der Waals surface area (Å²) in [5.41, 5.74) is 1.83. The summed E-state index contributed by atoms with van der Waals surface area (Å²) in [6.45, 7) is 2.46. The lowest BCUT2D eigenvalue weighted by Crippen LogP contribution is -2.38. The predicted octanol–water partition coefficient (Wildman–Crippen LogP) is 2.39. The van der Waals surface area contributed by atoms with Crippen molar-refractivity contribution in [3.05, 3.63) is 93.7 Å². The summed E-state index contributed by atoms with van der Waals surface area (Å²) >= 11 is 0. The van der Waals surface area contributed by atoms with Crippen LogP contribution in [0.15, 0.2) is 65.5 Å². The van der Waals surface area contributed by atoms with Gasteiger partial charge < -0.3 is 15.0 Å². The van der Waals surface area contributed by atoms with Crippen LogP contribution in [-0.2, 0) is 22.4 Å². The topological polar surface area (TPSA) is 87.3 Å². The van der Waals surface area contributed by atoms with Gasteiger partial charge >= 0.3 is 0 Å². The van der Waals surface area contributed by atoms with Crippen LogP contribution in [0.5, 0.6) is 0 Å². The zero-order valence-corrected chi connectivity index (χ0v) is 17.6. The van der Waals surface area contributed by atoms with E-state index in [9.17, 15) is 14.0 Å². The molecular formula is C24H25FN4O3. The van der Waals surface area contributed by atoms with E-state index in [-0.39, 0.29) is 29.7 Å². The van der Waals surface area contributed by atoms with Crippen molar-refractivity contribution in [1.29, 1.82) is 0 Å². The van der Waals surface area contributed by atoms with Gasteiger partial charge in [0.25, 0.3) is 5.56 Å². The third-order valence-electron chi connectivity index (χ3n) is 5.30. The van der Waals surface area contributed by atoms with E-state index >= 15 is 0 Å². The minimum absolute atomic E-state index is 0.0585. The molecule has 1 saturated heterocycles. The molecule has 1 aromatic heterocycles. The largest absolute Gasteiger partial charge is 0.378 e. The molecule has 2 heterocycles. The quantitative estimate of drug-likeness (QED) is 0.594. The molecule has 1 atom stereocenters. The maximum Gasteiger partial charge on any atom is 0.252 e. The SMILES string of the molecule is O=C(Cc1cccc(F)c1)N[C@H](Cc1cc(=O)[nH]c(N2CCOCC2)n1)c1ccccc1. The highest BCUT2D eigenvalue weighted by atomic mass is 19.1. The molecule has 32 heavy (non-hydrogen) atoms. The molecule has 166 valence electrons. The zero-order chi connectivity index (χ0) is 22.3. The molecule has 1 aliphatic heterocycles. The summed E-state index contributed by atoms with van der Waals surface area (Å²) in [5, 5.41) is 3.02. The van der Waals surface area contributed by atoms with E-state index in [2.05, 4.69) is 15.3 Å². The summed E-state index contributed by atoms with van der Waals surface area (Å²) in [7, 11) is 0. The number of carbonyl (C=O) groups excluding carboxylic acids is 1. The van der Waals surface area contributed by atoms with E-state index in [1.54, 1.807) is 12.1 Å². The molecule has 0 radical (unpaired) electrons. The van der Waals surface area contributed by atoms with Crippen LogP contribution in [0.25, 0.3) is 0 Å². The number of halogens is 1. The molecule has 8 heteroatoms. The number of aromatic nitrogens is 2. The Bertz CT molecular complexity index is 1110. The Kier molecular flexibility index (Phi) is 6.91. The monoisotopic (exact) mass is 436 g/mol. The molecule has 2 N–H and O–H groups in total. The highest BCUT2D eigenvalue weighted by Gasteiger charge is 2.19. The first-order valence-corrected chi connectivity index (χ1v) is 10.6. The Morgan fingerprint density at radius 3 is 2.66 bits per heavy atom. The van der Waals surface area contributed by atoms with Crippen LogP contribution in [0.1, 0.15) is 22.9 Å². The van der Waals surface area contributed by atoms with E-state index in [0.717, 1.165) is 5.56 Å². The molecule has 0 aliphatic carbocycles. The third kappa shape index (κ3) is 5.79. The number of carbonyl (C=O) groups is 1. The van der Waals surface area contributed by atoms with Gasteiger partial charge in [-0.05, 0) is 23.3 Å². The number of nitrogens with zero attached hydrogens (tertiary/aromatic N) is 2. The number of rotatable bonds is 7. The molecule has 2 aromatic carbocycles. The zero-order valence-electron chi connectivity index (χ0n) is 17.6. The Hall–Kier alpha value is -3.52. The fraction of sp³-hybridized carbons (Fsp3) is 0.292. The van der Waals surface area contributed by atoms with Crippen molar-refractivity contribution in [1.82, 2.24) is 15.3 Å². The normalized spacial score (nSPS) is 14.7. The highest BCUT2D eigenvalue weighted by Crippen LogP contribution is 2.19. The Labute approximate surface area is 185 Å². The molecule has 1 fully saturated rings. The van der Waals surface area contributed by atoms with Crippen molar-refractivity contribution in [2.45, 2.75) is 18.9 Å².